The molecule has 12 atom stereocenters. The summed E-state index contributed by atoms with van der Waals surface area (Å²) in [6.07, 6.45) is 10.5. The molecule has 6 unspecified atom stereocenters. The van der Waals surface area contributed by atoms with Gasteiger partial charge in [-0.05, 0) is 155 Å². The third-order valence-corrected chi connectivity index (χ3v) is 13.7. The van der Waals surface area contributed by atoms with Crippen molar-refractivity contribution in [2.24, 2.45) is 58.0 Å². The van der Waals surface area contributed by atoms with E-state index in [1.165, 1.54) is 0 Å². The number of hydrogen-bond acceptors (Lipinski definition) is 8. The molecule has 4 rings (SSSR count). The Kier molecular flexibility index (Phi) is 12.7. The minimum absolute atomic E-state index is 0.0398. The molecule has 10 heteroatoms. The highest BCUT2D eigenvalue weighted by Crippen LogP contribution is 2.68. The Hall–Kier alpha value is -0.330. The second-order valence-corrected chi connectivity index (χ2v) is 17.0. The molecular weight excluding hydrogens is 578 g/mol. The molecule has 0 aromatic carbocycles. The van der Waals surface area contributed by atoms with Gasteiger partial charge in [0, 0.05) is 6.04 Å². The number of aliphatic hydroxyl groups excluding tert-OH is 2. The quantitative estimate of drug-likeness (QED) is 0.105. The molecule has 0 amide bonds. The summed E-state index contributed by atoms with van der Waals surface area (Å²) in [5.41, 5.74) is 5.46. The molecule has 4 fully saturated rings. The number of aliphatic hydroxyl groups is 2. The van der Waals surface area contributed by atoms with E-state index in [9.17, 15) is 23.2 Å². The highest BCUT2D eigenvalue weighted by molar-refractivity contribution is 7.80. The maximum atomic E-state index is 11.9. The number of nitrogens with two attached hydrogens (primary N) is 1. The molecule has 0 aromatic heterocycles. The van der Waals surface area contributed by atoms with Crippen LogP contribution in [0.5, 0.6) is 0 Å². The van der Waals surface area contributed by atoms with Gasteiger partial charge in [-0.1, -0.05) is 34.6 Å². The predicted octanol–water partition coefficient (Wildman–Crippen LogP) is 4.52. The molecule has 0 saturated heterocycles. The third kappa shape index (κ3) is 8.03. The van der Waals surface area contributed by atoms with Crippen LogP contribution < -0.4 is 16.4 Å². The molecule has 4 saturated carbocycles. The monoisotopic (exact) mass is 643 g/mol. The van der Waals surface area contributed by atoms with E-state index < -0.39 is 22.6 Å². The summed E-state index contributed by atoms with van der Waals surface area (Å²) in [5.74, 6) is 1.86. The Labute approximate surface area is 268 Å². The first-order valence-corrected chi connectivity index (χ1v) is 19.2. The molecule has 0 spiro atoms. The molecule has 0 heterocycles. The van der Waals surface area contributed by atoms with E-state index >= 15 is 0 Å². The molecular formula is C34H65N3O6S. The molecule has 4 aliphatic rings. The Morgan fingerprint density at radius 1 is 0.932 bits per heavy atom. The average molecular weight is 644 g/mol. The van der Waals surface area contributed by atoms with Crippen molar-refractivity contribution in [3.8, 4) is 0 Å². The summed E-state index contributed by atoms with van der Waals surface area (Å²) < 4.78 is 37.1. The Morgan fingerprint density at radius 3 is 2.34 bits per heavy atom. The van der Waals surface area contributed by atoms with Crippen LogP contribution in [0.4, 0.5) is 0 Å². The minimum Gasteiger partial charge on any atom is -0.393 e. The van der Waals surface area contributed by atoms with Gasteiger partial charge in [0.1, 0.15) is 0 Å². The number of nitrogens with one attached hydrogen (secondary N) is 2. The molecule has 9 nitrogen and oxygen atoms in total. The van der Waals surface area contributed by atoms with E-state index in [1.807, 2.05) is 13.8 Å². The molecule has 0 aromatic rings. The molecule has 4 aliphatic carbocycles. The first-order chi connectivity index (χ1) is 20.7. The van der Waals surface area contributed by atoms with E-state index in [4.69, 9.17) is 9.92 Å². The van der Waals surface area contributed by atoms with Gasteiger partial charge >= 0.3 is 10.4 Å². The van der Waals surface area contributed by atoms with Crippen LogP contribution in [0, 0.1) is 52.3 Å². The van der Waals surface area contributed by atoms with Crippen molar-refractivity contribution in [2.75, 3.05) is 26.2 Å². The van der Waals surface area contributed by atoms with Gasteiger partial charge < -0.3 is 26.6 Å². The lowest BCUT2D eigenvalue weighted by molar-refractivity contribution is -0.202. The van der Waals surface area contributed by atoms with Crippen LogP contribution in [-0.2, 0) is 14.6 Å². The van der Waals surface area contributed by atoms with Crippen LogP contribution in [0.15, 0.2) is 0 Å². The van der Waals surface area contributed by atoms with Crippen molar-refractivity contribution in [3.63, 3.8) is 0 Å². The van der Waals surface area contributed by atoms with Crippen molar-refractivity contribution >= 4 is 10.4 Å². The molecule has 7 N–H and O–H groups in total. The van der Waals surface area contributed by atoms with Crippen molar-refractivity contribution < 1.29 is 27.4 Å². The maximum Gasteiger partial charge on any atom is 0.397 e. The molecule has 0 radical (unpaired) electrons. The lowest BCUT2D eigenvalue weighted by atomic mass is 9.43. The second-order valence-electron chi connectivity index (χ2n) is 16.0. The molecule has 0 aliphatic heterocycles. The van der Waals surface area contributed by atoms with Gasteiger partial charge in [0.15, 0.2) is 0 Å². The highest BCUT2D eigenvalue weighted by atomic mass is 32.3. The first kappa shape index (κ1) is 36.5. The SMILES string of the molecule is CC(C)C(CCC(C)[C@H]1CCC2C3C(O)C[C@H]4C[C@@H](NCCCNCCCCN)CC[C@]4(C)C3C[C@H](O)[C@@]21C)OS(=O)(=O)O. The van der Waals surface area contributed by atoms with Crippen LogP contribution in [0.3, 0.4) is 0 Å². The standard InChI is InChI=1S/C34H65N3O6S/c1-22(2)30(43-44(40,41)42)12-9-23(3)26-10-11-27-32-28(21-31(39)34(26,27)5)33(4)14-13-25(19-24(33)20-29(32)38)37-18-8-17-36-16-7-6-15-35/h22-32,36-39H,6-21,35H2,1-5H3,(H,40,41,42)/t23?,24-,25+,26-,27?,28?,29?,30?,31+,32?,33+,34-/m1/s1. The number of fused-ring (bicyclic) bond motifs is 5. The van der Waals surface area contributed by atoms with Gasteiger partial charge in [-0.3, -0.25) is 4.55 Å². The van der Waals surface area contributed by atoms with E-state index in [1.54, 1.807) is 0 Å². The summed E-state index contributed by atoms with van der Waals surface area (Å²) >= 11 is 0. The van der Waals surface area contributed by atoms with Gasteiger partial charge in [-0.15, -0.1) is 0 Å². The fourth-order valence-electron chi connectivity index (χ4n) is 10.7. The molecule has 258 valence electrons. The largest absolute Gasteiger partial charge is 0.397 e. The Bertz CT molecular complexity index is 1010. The van der Waals surface area contributed by atoms with Crippen molar-refractivity contribution in [3.05, 3.63) is 0 Å². The fourth-order valence-corrected chi connectivity index (χ4v) is 11.3. The third-order valence-electron chi connectivity index (χ3n) is 13.2. The minimum atomic E-state index is -4.50. The van der Waals surface area contributed by atoms with E-state index in [2.05, 4.69) is 31.4 Å². The van der Waals surface area contributed by atoms with Gasteiger partial charge in [0.05, 0.1) is 18.3 Å². The second kappa shape index (κ2) is 15.3. The van der Waals surface area contributed by atoms with Gasteiger partial charge in [-0.25, -0.2) is 4.18 Å². The van der Waals surface area contributed by atoms with E-state index in [0.717, 1.165) is 96.8 Å². The summed E-state index contributed by atoms with van der Waals surface area (Å²) in [6, 6.07) is 0.504. The topological polar surface area (TPSA) is 154 Å². The van der Waals surface area contributed by atoms with Crippen molar-refractivity contribution in [1.29, 1.82) is 0 Å². The Balaban J connectivity index is 1.35. The van der Waals surface area contributed by atoms with Crippen LogP contribution in [-0.4, -0.2) is 73.7 Å². The predicted molar refractivity (Wildman–Crippen MR) is 175 cm³/mol. The lowest BCUT2D eigenvalue weighted by Gasteiger charge is -2.64. The maximum absolute atomic E-state index is 11.9. The summed E-state index contributed by atoms with van der Waals surface area (Å²) in [5, 5.41) is 31.1. The number of hydrogen-bond donors (Lipinski definition) is 6. The van der Waals surface area contributed by atoms with Gasteiger partial charge in [-0.2, -0.15) is 8.42 Å². The zero-order valence-corrected chi connectivity index (χ0v) is 29.0. The van der Waals surface area contributed by atoms with E-state index in [-0.39, 0.29) is 34.7 Å². The first-order valence-electron chi connectivity index (χ1n) is 17.9. The smallest absolute Gasteiger partial charge is 0.393 e. The zero-order valence-electron chi connectivity index (χ0n) is 28.2. The lowest BCUT2D eigenvalue weighted by Crippen LogP contribution is -2.62. The van der Waals surface area contributed by atoms with Crippen LogP contribution in [0.1, 0.15) is 112 Å². The Morgan fingerprint density at radius 2 is 1.66 bits per heavy atom. The van der Waals surface area contributed by atoms with Crippen molar-refractivity contribution in [2.45, 2.75) is 136 Å². The van der Waals surface area contributed by atoms with Crippen molar-refractivity contribution in [1.82, 2.24) is 10.6 Å². The fraction of sp³-hybridized carbons (Fsp3) is 1.00. The van der Waals surface area contributed by atoms with E-state index in [0.29, 0.717) is 36.1 Å². The zero-order chi connectivity index (χ0) is 32.3. The molecule has 0 bridgehead atoms. The normalized spacial score (nSPS) is 40.3. The van der Waals surface area contributed by atoms with Crippen LogP contribution in [0.25, 0.3) is 0 Å². The average Bonchev–Trinajstić information content (AvgIpc) is 3.31. The summed E-state index contributed by atoms with van der Waals surface area (Å²) in [7, 11) is -4.50. The molecule has 44 heavy (non-hydrogen) atoms. The number of rotatable bonds is 16. The summed E-state index contributed by atoms with van der Waals surface area (Å²) in [4.78, 5) is 0. The number of unbranched alkanes of at least 4 members (excludes halogenated alkanes) is 1. The van der Waals surface area contributed by atoms with Gasteiger partial charge in [0.25, 0.3) is 0 Å². The van der Waals surface area contributed by atoms with Crippen LogP contribution >= 0.6 is 0 Å². The van der Waals surface area contributed by atoms with Crippen LogP contribution in [0.2, 0.25) is 0 Å². The highest BCUT2D eigenvalue weighted by Gasteiger charge is 2.65. The van der Waals surface area contributed by atoms with Gasteiger partial charge in [0.2, 0.25) is 0 Å². The summed E-state index contributed by atoms with van der Waals surface area (Å²) in [6.45, 7) is 14.6.